The lowest BCUT2D eigenvalue weighted by atomic mass is 10.1. The van der Waals surface area contributed by atoms with Crippen LogP contribution in [0.25, 0.3) is 32.2 Å². The Bertz CT molecular complexity index is 1190. The summed E-state index contributed by atoms with van der Waals surface area (Å²) in [7, 11) is 0. The zero-order valence-electron chi connectivity index (χ0n) is 13.8. The van der Waals surface area contributed by atoms with Crippen LogP contribution in [-0.2, 0) is 0 Å². The second-order valence-corrected chi connectivity index (χ2v) is 8.43. The maximum absolute atomic E-state index is 10.7. The molecule has 3 nitrogen and oxygen atoms in total. The minimum Gasteiger partial charge on any atom is -0.456 e. The van der Waals surface area contributed by atoms with E-state index in [1.807, 2.05) is 60.7 Å². The molecule has 1 unspecified atom stereocenters. The van der Waals surface area contributed by atoms with Crippen LogP contribution in [-0.4, -0.2) is 15.8 Å². The minimum absolute atomic E-state index is 0.551. The Labute approximate surface area is 158 Å². The van der Waals surface area contributed by atoms with Crippen molar-refractivity contribution in [2.24, 2.45) is 0 Å². The summed E-state index contributed by atoms with van der Waals surface area (Å²) in [6.07, 6.45) is -0.551. The van der Waals surface area contributed by atoms with Crippen LogP contribution in [0, 0.1) is 0 Å². The maximum atomic E-state index is 10.7. The monoisotopic (exact) mass is 377 g/mol. The largest absolute Gasteiger partial charge is 0.456 e. The van der Waals surface area contributed by atoms with Gasteiger partial charge in [-0.25, -0.2) is 4.98 Å². The molecule has 1 atom stereocenters. The van der Waals surface area contributed by atoms with Crippen molar-refractivity contribution in [2.75, 3.05) is 5.75 Å². The molecule has 2 aromatic heterocycles. The highest BCUT2D eigenvalue weighted by Crippen LogP contribution is 2.34. The third-order valence-corrected chi connectivity index (χ3v) is 6.68. The number of aromatic nitrogens is 1. The number of aliphatic hydroxyl groups excluding tert-OH is 1. The van der Waals surface area contributed by atoms with Crippen molar-refractivity contribution in [1.82, 2.24) is 4.98 Å². The lowest BCUT2D eigenvalue weighted by molar-refractivity contribution is 0.204. The normalized spacial score (nSPS) is 13.0. The van der Waals surface area contributed by atoms with Gasteiger partial charge >= 0.3 is 0 Å². The van der Waals surface area contributed by atoms with E-state index in [9.17, 15) is 5.11 Å². The summed E-state index contributed by atoms with van der Waals surface area (Å²) in [5, 5.41) is 12.8. The second kappa shape index (κ2) is 6.43. The van der Waals surface area contributed by atoms with Crippen LogP contribution in [0.15, 0.2) is 75.5 Å². The molecule has 0 bridgehead atoms. The molecule has 3 aromatic carbocycles. The van der Waals surface area contributed by atoms with Crippen molar-refractivity contribution in [3.63, 3.8) is 0 Å². The number of thioether (sulfide) groups is 1. The molecule has 5 aromatic rings. The Hall–Kier alpha value is -2.34. The van der Waals surface area contributed by atoms with E-state index < -0.39 is 6.10 Å². The van der Waals surface area contributed by atoms with Crippen LogP contribution < -0.4 is 0 Å². The van der Waals surface area contributed by atoms with Gasteiger partial charge < -0.3 is 9.52 Å². The molecule has 0 saturated heterocycles. The first-order valence-corrected chi connectivity index (χ1v) is 10.2. The first-order valence-electron chi connectivity index (χ1n) is 8.35. The molecule has 128 valence electrons. The van der Waals surface area contributed by atoms with Gasteiger partial charge in [-0.3, -0.25) is 0 Å². The van der Waals surface area contributed by atoms with Crippen LogP contribution in [0.1, 0.15) is 11.7 Å². The maximum Gasteiger partial charge on any atom is 0.151 e. The van der Waals surface area contributed by atoms with Gasteiger partial charge in [0.15, 0.2) is 4.34 Å². The van der Waals surface area contributed by atoms with Gasteiger partial charge in [0.25, 0.3) is 0 Å². The van der Waals surface area contributed by atoms with Gasteiger partial charge in [-0.1, -0.05) is 48.2 Å². The highest BCUT2D eigenvalue weighted by Gasteiger charge is 2.13. The molecule has 5 heteroatoms. The van der Waals surface area contributed by atoms with Crippen molar-refractivity contribution in [3.05, 3.63) is 72.3 Å². The van der Waals surface area contributed by atoms with Crippen molar-refractivity contribution in [1.29, 1.82) is 0 Å². The Morgan fingerprint density at radius 2 is 1.77 bits per heavy atom. The topological polar surface area (TPSA) is 46.3 Å². The molecule has 0 radical (unpaired) electrons. The van der Waals surface area contributed by atoms with E-state index in [0.29, 0.717) is 5.75 Å². The number of hydrogen-bond donors (Lipinski definition) is 1. The molecule has 0 aliphatic rings. The lowest BCUT2D eigenvalue weighted by Gasteiger charge is -2.09. The van der Waals surface area contributed by atoms with Gasteiger partial charge in [0.1, 0.15) is 11.2 Å². The van der Waals surface area contributed by atoms with Crippen molar-refractivity contribution in [3.8, 4) is 0 Å². The van der Waals surface area contributed by atoms with E-state index in [4.69, 9.17) is 4.42 Å². The van der Waals surface area contributed by atoms with E-state index in [0.717, 1.165) is 37.4 Å². The molecule has 0 fully saturated rings. The fraction of sp³-hybridized carbons (Fsp3) is 0.0952. The predicted molar refractivity (Wildman–Crippen MR) is 109 cm³/mol. The zero-order valence-corrected chi connectivity index (χ0v) is 15.4. The van der Waals surface area contributed by atoms with E-state index in [1.54, 1.807) is 23.1 Å². The predicted octanol–water partition coefficient (Wildman–Crippen LogP) is 6.02. The third kappa shape index (κ3) is 2.78. The number of aliphatic hydroxyl groups is 1. The number of hydrogen-bond acceptors (Lipinski definition) is 5. The van der Waals surface area contributed by atoms with E-state index in [1.165, 1.54) is 4.70 Å². The minimum atomic E-state index is -0.551. The summed E-state index contributed by atoms with van der Waals surface area (Å²) in [6.45, 7) is 0. The van der Waals surface area contributed by atoms with Gasteiger partial charge in [0.2, 0.25) is 0 Å². The number of nitrogens with zero attached hydrogens (tertiary/aromatic N) is 1. The van der Waals surface area contributed by atoms with Crippen molar-refractivity contribution >= 4 is 55.3 Å². The molecule has 0 spiro atoms. The highest BCUT2D eigenvalue weighted by molar-refractivity contribution is 8.01. The fourth-order valence-electron chi connectivity index (χ4n) is 3.11. The SMILES string of the molecule is OC(CSc1nc2ccccc2s1)c1ccc2oc3ccccc3c2c1. The van der Waals surface area contributed by atoms with E-state index in [-0.39, 0.29) is 0 Å². The molecule has 0 aliphatic heterocycles. The smallest absolute Gasteiger partial charge is 0.151 e. The summed E-state index contributed by atoms with van der Waals surface area (Å²) in [4.78, 5) is 4.62. The van der Waals surface area contributed by atoms with E-state index >= 15 is 0 Å². The highest BCUT2D eigenvalue weighted by atomic mass is 32.2. The first-order chi connectivity index (χ1) is 12.8. The number of thiazole rings is 1. The number of furan rings is 1. The van der Waals surface area contributed by atoms with Gasteiger partial charge in [0, 0.05) is 16.5 Å². The number of para-hydroxylation sites is 2. The average molecular weight is 377 g/mol. The molecule has 2 heterocycles. The summed E-state index contributed by atoms with van der Waals surface area (Å²) in [5.41, 5.74) is 3.64. The zero-order chi connectivity index (χ0) is 17.5. The van der Waals surface area contributed by atoms with Crippen LogP contribution in [0.4, 0.5) is 0 Å². The van der Waals surface area contributed by atoms with Crippen LogP contribution >= 0.6 is 23.1 Å². The molecule has 1 N–H and O–H groups in total. The Kier molecular flexibility index (Phi) is 3.93. The molecule has 0 saturated carbocycles. The quantitative estimate of drug-likeness (QED) is 0.389. The lowest BCUT2D eigenvalue weighted by Crippen LogP contribution is -2.00. The van der Waals surface area contributed by atoms with Gasteiger partial charge in [-0.05, 0) is 35.9 Å². The van der Waals surface area contributed by atoms with Crippen molar-refractivity contribution in [2.45, 2.75) is 10.4 Å². The Morgan fingerprint density at radius 1 is 0.962 bits per heavy atom. The molecule has 0 amide bonds. The fourth-order valence-corrected chi connectivity index (χ4v) is 5.17. The molecular weight excluding hydrogens is 362 g/mol. The number of benzene rings is 3. The summed E-state index contributed by atoms with van der Waals surface area (Å²) in [6, 6.07) is 22.0. The Morgan fingerprint density at radius 3 is 2.69 bits per heavy atom. The molecule has 26 heavy (non-hydrogen) atoms. The van der Waals surface area contributed by atoms with Crippen LogP contribution in [0.3, 0.4) is 0 Å². The van der Waals surface area contributed by atoms with E-state index in [2.05, 4.69) is 11.1 Å². The molecule has 0 aliphatic carbocycles. The number of rotatable bonds is 4. The van der Waals surface area contributed by atoms with Gasteiger partial charge in [-0.2, -0.15) is 0 Å². The van der Waals surface area contributed by atoms with Crippen LogP contribution in [0.2, 0.25) is 0 Å². The molecular formula is C21H15NO2S2. The van der Waals surface area contributed by atoms with Gasteiger partial charge in [-0.15, -0.1) is 11.3 Å². The third-order valence-electron chi connectivity index (χ3n) is 4.42. The summed E-state index contributed by atoms with van der Waals surface area (Å²) >= 11 is 3.26. The standard InChI is InChI=1S/C21H15NO2S2/c23-17(12-25-21-22-16-6-2-4-8-20(16)26-21)13-9-10-19-15(11-13)14-5-1-3-7-18(14)24-19/h1-11,17,23H,12H2. The van der Waals surface area contributed by atoms with Crippen LogP contribution in [0.5, 0.6) is 0 Å². The van der Waals surface area contributed by atoms with Gasteiger partial charge in [0.05, 0.1) is 16.3 Å². The summed E-state index contributed by atoms with van der Waals surface area (Å²) in [5.74, 6) is 0.571. The average Bonchev–Trinajstić information content (AvgIpc) is 3.26. The Balaban J connectivity index is 1.40. The summed E-state index contributed by atoms with van der Waals surface area (Å²) < 4.78 is 8.02. The van der Waals surface area contributed by atoms with Crippen molar-refractivity contribution < 1.29 is 9.52 Å². The second-order valence-electron chi connectivity index (χ2n) is 6.13. The molecule has 5 rings (SSSR count). The first kappa shape index (κ1) is 15.9. The number of fused-ring (bicyclic) bond motifs is 4.